The zero-order valence-electron chi connectivity index (χ0n) is 19.5. The van der Waals surface area contributed by atoms with Gasteiger partial charge in [-0.3, -0.25) is 10.2 Å². The van der Waals surface area contributed by atoms with Gasteiger partial charge < -0.3 is 21.1 Å². The molecule has 0 unspecified atom stereocenters. The summed E-state index contributed by atoms with van der Waals surface area (Å²) in [6.07, 6.45) is 2.46. The van der Waals surface area contributed by atoms with Gasteiger partial charge in [0.1, 0.15) is 36.1 Å². The third-order valence-electron chi connectivity index (χ3n) is 5.21. The number of carbonyl (C=O) groups excluding carboxylic acids is 1. The number of rotatable bonds is 9. The first-order valence-corrected chi connectivity index (χ1v) is 11.4. The zero-order chi connectivity index (χ0) is 26.4. The van der Waals surface area contributed by atoms with Gasteiger partial charge in [0.2, 0.25) is 5.91 Å². The van der Waals surface area contributed by atoms with E-state index in [-0.39, 0.29) is 40.4 Å². The second kappa shape index (κ2) is 11.3. The van der Waals surface area contributed by atoms with Crippen LogP contribution in [0.1, 0.15) is 16.7 Å². The Balaban J connectivity index is 1.55. The quantitative estimate of drug-likeness (QED) is 0.167. The molecule has 0 radical (unpaired) electrons. The number of hydrogen-bond donors (Lipinski definition) is 4. The normalized spacial score (nSPS) is 10.4. The van der Waals surface area contributed by atoms with Crippen LogP contribution in [0.15, 0.2) is 85.7 Å². The standard InChI is InChI=1S/C27H22ClFN6O2/c1-2-23(36)34-19-7-4-8-20(13-19)35-27-24(26(31)32-15-33-27)25(30)17-9-10-22(21(28)12-17)37-14-16-5-3-6-18(29)11-16/h2-13,15,30H,1,14H2,(H,34,36)(H3,31,32,33,35). The Labute approximate surface area is 217 Å². The summed E-state index contributed by atoms with van der Waals surface area (Å²) >= 11 is 6.42. The summed E-state index contributed by atoms with van der Waals surface area (Å²) in [7, 11) is 0. The van der Waals surface area contributed by atoms with E-state index in [0.717, 1.165) is 0 Å². The van der Waals surface area contributed by atoms with Crippen LogP contribution in [0.25, 0.3) is 0 Å². The van der Waals surface area contributed by atoms with Gasteiger partial charge in [0.05, 0.1) is 16.3 Å². The van der Waals surface area contributed by atoms with Gasteiger partial charge >= 0.3 is 0 Å². The molecule has 0 fully saturated rings. The highest BCUT2D eigenvalue weighted by atomic mass is 35.5. The number of nitrogen functional groups attached to an aromatic ring is 1. The largest absolute Gasteiger partial charge is 0.487 e. The summed E-state index contributed by atoms with van der Waals surface area (Å²) in [6.45, 7) is 3.58. The highest BCUT2D eigenvalue weighted by Gasteiger charge is 2.18. The number of nitrogens with zero attached hydrogens (tertiary/aromatic N) is 2. The fourth-order valence-electron chi connectivity index (χ4n) is 3.45. The summed E-state index contributed by atoms with van der Waals surface area (Å²) < 4.78 is 19.1. The maximum atomic E-state index is 13.4. The van der Waals surface area contributed by atoms with E-state index in [1.807, 2.05) is 0 Å². The van der Waals surface area contributed by atoms with Crippen LogP contribution in [0.3, 0.4) is 0 Å². The van der Waals surface area contributed by atoms with Gasteiger partial charge in [0, 0.05) is 16.9 Å². The second-order valence-corrected chi connectivity index (χ2v) is 8.23. The molecule has 1 amide bonds. The Hall–Kier alpha value is -4.76. The first-order chi connectivity index (χ1) is 17.8. The molecule has 1 aromatic heterocycles. The molecule has 4 rings (SSSR count). The summed E-state index contributed by atoms with van der Waals surface area (Å²) in [5.74, 6) is 0.0902. The molecule has 3 aromatic carbocycles. The van der Waals surface area contributed by atoms with Gasteiger partial charge in [-0.1, -0.05) is 36.4 Å². The topological polar surface area (TPSA) is 126 Å². The van der Waals surface area contributed by atoms with Gasteiger partial charge in [-0.25, -0.2) is 14.4 Å². The van der Waals surface area contributed by atoms with Crippen LogP contribution in [0, 0.1) is 11.2 Å². The van der Waals surface area contributed by atoms with E-state index in [4.69, 9.17) is 27.5 Å². The van der Waals surface area contributed by atoms with E-state index in [1.54, 1.807) is 54.6 Å². The molecule has 5 N–H and O–H groups in total. The maximum Gasteiger partial charge on any atom is 0.247 e. The number of nitrogens with one attached hydrogen (secondary N) is 3. The van der Waals surface area contributed by atoms with E-state index >= 15 is 0 Å². The molecule has 0 aliphatic carbocycles. The lowest BCUT2D eigenvalue weighted by Gasteiger charge is -2.15. The summed E-state index contributed by atoms with van der Waals surface area (Å²) in [5.41, 5.74) is 8.71. The van der Waals surface area contributed by atoms with E-state index in [2.05, 4.69) is 27.2 Å². The summed E-state index contributed by atoms with van der Waals surface area (Å²) in [4.78, 5) is 19.9. The van der Waals surface area contributed by atoms with Crippen LogP contribution in [0.4, 0.5) is 27.4 Å². The molecule has 0 saturated carbocycles. The van der Waals surface area contributed by atoms with Gasteiger partial charge in [0.15, 0.2) is 0 Å². The van der Waals surface area contributed by atoms with Crippen molar-refractivity contribution in [1.82, 2.24) is 9.97 Å². The molecule has 0 atom stereocenters. The minimum absolute atomic E-state index is 0.0373. The van der Waals surface area contributed by atoms with Crippen molar-refractivity contribution >= 4 is 46.2 Å². The molecule has 8 nitrogen and oxygen atoms in total. The van der Waals surface area contributed by atoms with Crippen molar-refractivity contribution in [2.45, 2.75) is 6.61 Å². The second-order valence-electron chi connectivity index (χ2n) is 7.82. The Bertz CT molecular complexity index is 1490. The van der Waals surface area contributed by atoms with Crippen LogP contribution >= 0.6 is 11.6 Å². The smallest absolute Gasteiger partial charge is 0.247 e. The van der Waals surface area contributed by atoms with Crippen molar-refractivity contribution in [2.24, 2.45) is 0 Å². The van der Waals surface area contributed by atoms with Crippen molar-refractivity contribution in [2.75, 3.05) is 16.4 Å². The Morgan fingerprint density at radius 1 is 1.11 bits per heavy atom. The maximum absolute atomic E-state index is 13.4. The van der Waals surface area contributed by atoms with Gasteiger partial charge in [0.25, 0.3) is 0 Å². The van der Waals surface area contributed by atoms with Crippen molar-refractivity contribution in [3.63, 3.8) is 0 Å². The molecule has 0 aliphatic heterocycles. The van der Waals surface area contributed by atoms with Gasteiger partial charge in [-0.2, -0.15) is 0 Å². The lowest BCUT2D eigenvalue weighted by atomic mass is 10.0. The lowest BCUT2D eigenvalue weighted by Crippen LogP contribution is -2.12. The first kappa shape index (κ1) is 25.3. The van der Waals surface area contributed by atoms with E-state index in [9.17, 15) is 9.18 Å². The zero-order valence-corrected chi connectivity index (χ0v) is 20.2. The summed E-state index contributed by atoms with van der Waals surface area (Å²) in [5, 5.41) is 14.9. The predicted octanol–water partition coefficient (Wildman–Crippen LogP) is 5.71. The minimum Gasteiger partial charge on any atom is -0.487 e. The molecule has 37 heavy (non-hydrogen) atoms. The molecular weight excluding hydrogens is 495 g/mol. The molecule has 0 aliphatic rings. The Kier molecular flexibility index (Phi) is 7.75. The first-order valence-electron chi connectivity index (χ1n) is 11.0. The van der Waals surface area contributed by atoms with Crippen molar-refractivity contribution in [3.8, 4) is 5.75 Å². The van der Waals surface area contributed by atoms with E-state index in [1.165, 1.54) is 24.5 Å². The fraction of sp³-hybridized carbons (Fsp3) is 0.0370. The summed E-state index contributed by atoms with van der Waals surface area (Å²) in [6, 6.07) is 17.9. The van der Waals surface area contributed by atoms with Crippen molar-refractivity contribution < 1.29 is 13.9 Å². The highest BCUT2D eigenvalue weighted by molar-refractivity contribution is 6.32. The van der Waals surface area contributed by atoms with Crippen LogP contribution < -0.4 is 21.1 Å². The number of nitrogens with two attached hydrogens (primary N) is 1. The number of carbonyl (C=O) groups is 1. The number of ether oxygens (including phenoxy) is 1. The molecule has 0 saturated heterocycles. The number of benzene rings is 3. The van der Waals surface area contributed by atoms with Crippen molar-refractivity contribution in [3.05, 3.63) is 113 Å². The fourth-order valence-corrected chi connectivity index (χ4v) is 3.69. The number of amides is 1. The van der Waals surface area contributed by atoms with Crippen LogP contribution in [-0.4, -0.2) is 21.6 Å². The third-order valence-corrected chi connectivity index (χ3v) is 5.50. The van der Waals surface area contributed by atoms with Gasteiger partial charge in [-0.15, -0.1) is 0 Å². The molecule has 4 aromatic rings. The Morgan fingerprint density at radius 3 is 2.65 bits per heavy atom. The SMILES string of the molecule is C=CC(=O)Nc1cccc(Nc2ncnc(N)c2C(=N)c2ccc(OCc3cccc(F)c3)c(Cl)c2)c1. The number of aromatic nitrogens is 2. The lowest BCUT2D eigenvalue weighted by molar-refractivity contribution is -0.111. The van der Waals surface area contributed by atoms with Gasteiger partial charge in [-0.05, 0) is 60.2 Å². The third kappa shape index (κ3) is 6.28. The highest BCUT2D eigenvalue weighted by Crippen LogP contribution is 2.30. The number of halogens is 2. The number of hydrogen-bond acceptors (Lipinski definition) is 7. The molecule has 0 bridgehead atoms. The average molecular weight is 517 g/mol. The molecule has 186 valence electrons. The minimum atomic E-state index is -0.351. The average Bonchev–Trinajstić information content (AvgIpc) is 2.88. The molecule has 10 heteroatoms. The van der Waals surface area contributed by atoms with E-state index < -0.39 is 0 Å². The van der Waals surface area contributed by atoms with E-state index in [0.29, 0.717) is 34.1 Å². The molecule has 0 spiro atoms. The predicted molar refractivity (Wildman–Crippen MR) is 143 cm³/mol. The Morgan fingerprint density at radius 2 is 1.89 bits per heavy atom. The molecular formula is C27H22ClFN6O2. The van der Waals surface area contributed by atoms with Crippen LogP contribution in [0.2, 0.25) is 5.02 Å². The van der Waals surface area contributed by atoms with Crippen LogP contribution in [0.5, 0.6) is 5.75 Å². The monoisotopic (exact) mass is 516 g/mol. The molecule has 1 heterocycles. The number of anilines is 4. The van der Waals surface area contributed by atoms with Crippen molar-refractivity contribution in [1.29, 1.82) is 5.41 Å². The van der Waals surface area contributed by atoms with Crippen LogP contribution in [-0.2, 0) is 11.4 Å².